The molecule has 0 unspecified atom stereocenters. The molecule has 0 saturated carbocycles. The molecule has 0 atom stereocenters. The van der Waals surface area contributed by atoms with Gasteiger partial charge in [-0.3, -0.25) is 14.5 Å². The van der Waals surface area contributed by atoms with E-state index in [1.165, 1.54) is 11.1 Å². The number of nitrogens with one attached hydrogen (secondary N) is 1. The molecule has 0 aromatic heterocycles. The van der Waals surface area contributed by atoms with Gasteiger partial charge < -0.3 is 9.47 Å². The SMILES string of the molecule is COc1cc(/C=N/NC(=O)CN2C(=O)c3cccc4cccc2c34)cc(Br)c1OC. The van der Waals surface area contributed by atoms with Crippen LogP contribution in [0.4, 0.5) is 5.69 Å². The summed E-state index contributed by atoms with van der Waals surface area (Å²) in [6.45, 7) is -0.125. The normalized spacial score (nSPS) is 12.6. The minimum atomic E-state index is -0.399. The van der Waals surface area contributed by atoms with Crippen molar-refractivity contribution < 1.29 is 19.1 Å². The van der Waals surface area contributed by atoms with Crippen molar-refractivity contribution >= 4 is 50.4 Å². The van der Waals surface area contributed by atoms with Crippen LogP contribution in [0.5, 0.6) is 11.5 Å². The van der Waals surface area contributed by atoms with E-state index in [-0.39, 0.29) is 12.5 Å². The molecule has 0 aliphatic carbocycles. The van der Waals surface area contributed by atoms with E-state index in [0.29, 0.717) is 27.1 Å². The van der Waals surface area contributed by atoms with Crippen LogP contribution < -0.4 is 19.8 Å². The first-order valence-corrected chi connectivity index (χ1v) is 9.90. The Bertz CT molecular complexity index is 1190. The van der Waals surface area contributed by atoms with Gasteiger partial charge in [-0.2, -0.15) is 5.10 Å². The van der Waals surface area contributed by atoms with Gasteiger partial charge in [0.25, 0.3) is 11.8 Å². The summed E-state index contributed by atoms with van der Waals surface area (Å²) < 4.78 is 11.3. The van der Waals surface area contributed by atoms with E-state index in [4.69, 9.17) is 9.47 Å². The fourth-order valence-corrected chi connectivity index (χ4v) is 4.13. The number of carbonyl (C=O) groups excluding carboxylic acids is 2. The fraction of sp³-hybridized carbons (Fsp3) is 0.136. The van der Waals surface area contributed by atoms with Crippen LogP contribution in [-0.4, -0.2) is 38.8 Å². The van der Waals surface area contributed by atoms with Gasteiger partial charge in [-0.15, -0.1) is 0 Å². The first-order chi connectivity index (χ1) is 14.5. The Balaban J connectivity index is 1.47. The van der Waals surface area contributed by atoms with Crippen LogP contribution in [0.1, 0.15) is 15.9 Å². The van der Waals surface area contributed by atoms with Crippen LogP contribution in [-0.2, 0) is 4.79 Å². The summed E-state index contributed by atoms with van der Waals surface area (Å²) in [5.74, 6) is 0.516. The molecule has 30 heavy (non-hydrogen) atoms. The Morgan fingerprint density at radius 2 is 1.93 bits per heavy atom. The molecule has 4 rings (SSSR count). The third-order valence-corrected chi connectivity index (χ3v) is 5.40. The maximum atomic E-state index is 12.8. The number of ether oxygens (including phenoxy) is 2. The molecule has 0 spiro atoms. The lowest BCUT2D eigenvalue weighted by Crippen LogP contribution is -2.37. The molecular formula is C22H18BrN3O4. The van der Waals surface area contributed by atoms with Gasteiger partial charge >= 0.3 is 0 Å². The van der Waals surface area contributed by atoms with Crippen LogP contribution in [0.2, 0.25) is 0 Å². The average molecular weight is 468 g/mol. The molecule has 0 fully saturated rings. The maximum absolute atomic E-state index is 12.8. The summed E-state index contributed by atoms with van der Waals surface area (Å²) in [6, 6.07) is 14.8. The number of rotatable bonds is 6. The number of anilines is 1. The summed E-state index contributed by atoms with van der Waals surface area (Å²) in [7, 11) is 3.09. The average Bonchev–Trinajstić information content (AvgIpc) is 3.01. The summed E-state index contributed by atoms with van der Waals surface area (Å²) >= 11 is 3.41. The van der Waals surface area contributed by atoms with Crippen LogP contribution in [0, 0.1) is 0 Å². The number of methoxy groups -OCH3 is 2. The molecule has 1 aliphatic rings. The molecule has 1 aliphatic heterocycles. The summed E-state index contributed by atoms with van der Waals surface area (Å²) in [5, 5.41) is 5.84. The van der Waals surface area contributed by atoms with E-state index < -0.39 is 5.91 Å². The van der Waals surface area contributed by atoms with E-state index in [9.17, 15) is 9.59 Å². The Hall–Kier alpha value is -3.39. The molecular weight excluding hydrogens is 450 g/mol. The predicted octanol–water partition coefficient (Wildman–Crippen LogP) is 3.73. The van der Waals surface area contributed by atoms with Crippen molar-refractivity contribution in [3.8, 4) is 11.5 Å². The molecule has 0 radical (unpaired) electrons. The molecule has 1 heterocycles. The van der Waals surface area contributed by atoms with Crippen LogP contribution in [0.15, 0.2) is 58.1 Å². The van der Waals surface area contributed by atoms with Gasteiger partial charge in [-0.05, 0) is 51.1 Å². The van der Waals surface area contributed by atoms with Crippen molar-refractivity contribution in [1.29, 1.82) is 0 Å². The van der Waals surface area contributed by atoms with Crippen molar-refractivity contribution in [2.45, 2.75) is 0 Å². The lowest BCUT2D eigenvalue weighted by molar-refractivity contribution is -0.119. The van der Waals surface area contributed by atoms with Gasteiger partial charge in [0, 0.05) is 10.9 Å². The summed E-state index contributed by atoms with van der Waals surface area (Å²) in [4.78, 5) is 26.6. The number of nitrogens with zero attached hydrogens (tertiary/aromatic N) is 2. The zero-order valence-electron chi connectivity index (χ0n) is 16.3. The molecule has 2 amide bonds. The number of amides is 2. The van der Waals surface area contributed by atoms with Crippen LogP contribution in [0.3, 0.4) is 0 Å². The molecule has 152 valence electrons. The van der Waals surface area contributed by atoms with Crippen molar-refractivity contribution in [2.75, 3.05) is 25.7 Å². The van der Waals surface area contributed by atoms with Crippen molar-refractivity contribution in [3.05, 3.63) is 64.1 Å². The first-order valence-electron chi connectivity index (χ1n) is 9.10. The number of hydrogen-bond acceptors (Lipinski definition) is 5. The van der Waals surface area contributed by atoms with Crippen molar-refractivity contribution in [2.24, 2.45) is 5.10 Å². The molecule has 7 nitrogen and oxygen atoms in total. The van der Waals surface area contributed by atoms with E-state index in [2.05, 4.69) is 26.5 Å². The van der Waals surface area contributed by atoms with E-state index in [1.807, 2.05) is 30.3 Å². The molecule has 3 aromatic rings. The summed E-state index contributed by atoms with van der Waals surface area (Å²) in [5.41, 5.74) is 4.51. The van der Waals surface area contributed by atoms with Crippen molar-refractivity contribution in [1.82, 2.24) is 5.43 Å². The third kappa shape index (κ3) is 3.50. The standard InChI is InChI=1S/C22H18BrN3O4/c1-29-18-10-13(9-16(23)21(18)30-2)11-24-25-19(27)12-26-17-8-4-6-14-5-3-7-15(20(14)17)22(26)28/h3-11H,12H2,1-2H3,(H,25,27)/b24-11+. The predicted molar refractivity (Wildman–Crippen MR) is 119 cm³/mol. The number of carbonyl (C=O) groups is 2. The monoisotopic (exact) mass is 467 g/mol. The Morgan fingerprint density at radius 1 is 1.17 bits per heavy atom. The highest BCUT2D eigenvalue weighted by molar-refractivity contribution is 9.10. The Kier molecular flexibility index (Phi) is 5.41. The smallest absolute Gasteiger partial charge is 0.260 e. The number of hydrazone groups is 1. The van der Waals surface area contributed by atoms with E-state index in [0.717, 1.165) is 16.5 Å². The Labute approximate surface area is 181 Å². The number of hydrogen-bond donors (Lipinski definition) is 1. The Morgan fingerprint density at radius 3 is 2.67 bits per heavy atom. The van der Waals surface area contributed by atoms with Gasteiger partial charge in [0.2, 0.25) is 0 Å². The van der Waals surface area contributed by atoms with Gasteiger partial charge in [-0.25, -0.2) is 5.43 Å². The van der Waals surface area contributed by atoms with E-state index in [1.54, 1.807) is 32.4 Å². The topological polar surface area (TPSA) is 80.2 Å². The second-order valence-electron chi connectivity index (χ2n) is 6.60. The van der Waals surface area contributed by atoms with E-state index >= 15 is 0 Å². The largest absolute Gasteiger partial charge is 0.493 e. The minimum absolute atomic E-state index is 0.125. The minimum Gasteiger partial charge on any atom is -0.493 e. The zero-order chi connectivity index (χ0) is 21.3. The van der Waals surface area contributed by atoms with Gasteiger partial charge in [0.05, 0.1) is 30.6 Å². The molecule has 1 N–H and O–H groups in total. The second-order valence-corrected chi connectivity index (χ2v) is 7.46. The highest BCUT2D eigenvalue weighted by atomic mass is 79.9. The summed E-state index contributed by atoms with van der Waals surface area (Å²) in [6.07, 6.45) is 1.49. The van der Waals surface area contributed by atoms with Crippen LogP contribution >= 0.6 is 15.9 Å². The highest BCUT2D eigenvalue weighted by Gasteiger charge is 2.30. The lowest BCUT2D eigenvalue weighted by Gasteiger charge is -2.16. The zero-order valence-corrected chi connectivity index (χ0v) is 17.9. The van der Waals surface area contributed by atoms with Gasteiger partial charge in [0.15, 0.2) is 11.5 Å². The molecule has 8 heteroatoms. The maximum Gasteiger partial charge on any atom is 0.260 e. The number of halogens is 1. The van der Waals surface area contributed by atoms with Crippen LogP contribution in [0.25, 0.3) is 10.8 Å². The molecule has 0 bridgehead atoms. The second kappa shape index (κ2) is 8.16. The van der Waals surface area contributed by atoms with Crippen molar-refractivity contribution in [3.63, 3.8) is 0 Å². The quantitative estimate of drug-likeness (QED) is 0.442. The van der Waals surface area contributed by atoms with Gasteiger partial charge in [0.1, 0.15) is 6.54 Å². The lowest BCUT2D eigenvalue weighted by atomic mass is 10.1. The third-order valence-electron chi connectivity index (χ3n) is 4.81. The van der Waals surface area contributed by atoms with Gasteiger partial charge in [-0.1, -0.05) is 24.3 Å². The highest BCUT2D eigenvalue weighted by Crippen LogP contribution is 2.37. The molecule has 3 aromatic carbocycles. The number of benzene rings is 3. The fourth-order valence-electron chi connectivity index (χ4n) is 3.51. The first kappa shape index (κ1) is 19.9. The molecule has 0 saturated heterocycles.